The summed E-state index contributed by atoms with van der Waals surface area (Å²) in [5.41, 5.74) is 1.37. The molecule has 1 aliphatic rings. The van der Waals surface area contributed by atoms with Gasteiger partial charge in [0, 0.05) is 11.1 Å². The fourth-order valence-electron chi connectivity index (χ4n) is 2.19. The number of aliphatic carboxylic acids is 1. The highest BCUT2D eigenvalue weighted by atomic mass is 16.5. The van der Waals surface area contributed by atoms with Crippen molar-refractivity contribution in [3.05, 3.63) is 23.1 Å². The molecule has 114 valence electrons. The maximum Gasteiger partial charge on any atom is 0.331 e. The third-order valence-corrected chi connectivity index (χ3v) is 3.25. The molecular weight excluding hydrogens is 254 g/mol. The van der Waals surface area contributed by atoms with Crippen LogP contribution in [0, 0.1) is 0 Å². The van der Waals surface area contributed by atoms with Gasteiger partial charge in [-0.3, -0.25) is 0 Å². The van der Waals surface area contributed by atoms with E-state index in [1.165, 1.54) is 0 Å². The number of ether oxygens (including phenoxy) is 1. The summed E-state index contributed by atoms with van der Waals surface area (Å²) in [7, 11) is 0. The first-order chi connectivity index (χ1) is 9.26. The molecule has 0 fully saturated rings. The highest BCUT2D eigenvalue weighted by Gasteiger charge is 2.23. The predicted octanol–water partition coefficient (Wildman–Crippen LogP) is 3.60. The summed E-state index contributed by atoms with van der Waals surface area (Å²) >= 11 is 0. The zero-order chi connectivity index (χ0) is 15.3. The van der Waals surface area contributed by atoms with E-state index in [2.05, 4.69) is 39.9 Å². The molecule has 0 amide bonds. The minimum atomic E-state index is -0.856. The van der Waals surface area contributed by atoms with E-state index in [1.807, 2.05) is 0 Å². The van der Waals surface area contributed by atoms with E-state index in [0.717, 1.165) is 18.5 Å². The Morgan fingerprint density at radius 3 is 2.40 bits per heavy atom. The van der Waals surface area contributed by atoms with Gasteiger partial charge in [0.1, 0.15) is 5.76 Å². The Kier molecular flexibility index (Phi) is 5.66. The Labute approximate surface area is 121 Å². The van der Waals surface area contributed by atoms with Gasteiger partial charge in [-0.15, -0.1) is 0 Å². The average molecular weight is 281 g/mol. The lowest BCUT2D eigenvalue weighted by Gasteiger charge is -2.29. The number of nitrogens with one attached hydrogen (secondary N) is 1. The van der Waals surface area contributed by atoms with E-state index < -0.39 is 5.97 Å². The van der Waals surface area contributed by atoms with Gasteiger partial charge in [0.05, 0.1) is 11.8 Å². The summed E-state index contributed by atoms with van der Waals surface area (Å²) in [5.74, 6) is -0.164. The molecule has 1 rings (SSSR count). The fraction of sp³-hybridized carbons (Fsp3) is 0.688. The van der Waals surface area contributed by atoms with E-state index >= 15 is 0 Å². The molecule has 0 saturated heterocycles. The molecular formula is C16H27NO3. The van der Waals surface area contributed by atoms with Crippen molar-refractivity contribution in [1.82, 2.24) is 5.32 Å². The van der Waals surface area contributed by atoms with Gasteiger partial charge in [0.2, 0.25) is 0 Å². The molecule has 0 aromatic heterocycles. The molecule has 1 aliphatic carbocycles. The van der Waals surface area contributed by atoms with Gasteiger partial charge < -0.3 is 15.2 Å². The summed E-state index contributed by atoms with van der Waals surface area (Å²) < 4.78 is 6.01. The molecule has 0 radical (unpaired) electrons. The van der Waals surface area contributed by atoms with Crippen LogP contribution >= 0.6 is 0 Å². The van der Waals surface area contributed by atoms with Gasteiger partial charge in [-0.25, -0.2) is 4.79 Å². The van der Waals surface area contributed by atoms with Gasteiger partial charge in [-0.05, 0) is 52.5 Å². The normalized spacial score (nSPS) is 16.2. The number of rotatable bonds is 6. The lowest BCUT2D eigenvalue weighted by Crippen LogP contribution is -2.37. The summed E-state index contributed by atoms with van der Waals surface area (Å²) in [6.07, 6.45) is 4.87. The highest BCUT2D eigenvalue weighted by Crippen LogP contribution is 2.27. The van der Waals surface area contributed by atoms with Crippen LogP contribution < -0.4 is 5.32 Å². The van der Waals surface area contributed by atoms with Crippen LogP contribution in [0.1, 0.15) is 60.3 Å². The third kappa shape index (κ3) is 4.91. The summed E-state index contributed by atoms with van der Waals surface area (Å²) in [6.45, 7) is 10.4. The molecule has 0 unspecified atom stereocenters. The van der Waals surface area contributed by atoms with Gasteiger partial charge >= 0.3 is 5.97 Å². The maximum atomic E-state index is 11.1. The second kappa shape index (κ2) is 6.82. The van der Waals surface area contributed by atoms with E-state index in [4.69, 9.17) is 9.84 Å². The molecule has 0 aromatic rings. The Bertz CT molecular complexity index is 412. The van der Waals surface area contributed by atoms with Gasteiger partial charge in [-0.1, -0.05) is 13.8 Å². The van der Waals surface area contributed by atoms with Crippen molar-refractivity contribution in [2.75, 3.05) is 0 Å². The van der Waals surface area contributed by atoms with Gasteiger partial charge in [0.15, 0.2) is 0 Å². The van der Waals surface area contributed by atoms with Gasteiger partial charge in [-0.2, -0.15) is 0 Å². The van der Waals surface area contributed by atoms with Crippen LogP contribution in [-0.4, -0.2) is 22.7 Å². The Hall–Kier alpha value is -1.45. The number of allylic oxidation sites excluding steroid dienone is 2. The lowest BCUT2D eigenvalue weighted by molar-refractivity contribution is -0.132. The van der Waals surface area contributed by atoms with E-state index in [9.17, 15) is 4.79 Å². The number of hydrogen-bond acceptors (Lipinski definition) is 3. The van der Waals surface area contributed by atoms with Crippen molar-refractivity contribution >= 4 is 5.97 Å². The number of carboxylic acids is 1. The topological polar surface area (TPSA) is 58.6 Å². The van der Waals surface area contributed by atoms with Crippen molar-refractivity contribution in [1.29, 1.82) is 0 Å². The molecule has 20 heavy (non-hydrogen) atoms. The van der Waals surface area contributed by atoms with Crippen LogP contribution in [0.25, 0.3) is 0 Å². The standard InChI is InChI=1S/C16H27NO3/c1-6-12(7-2)20-14-10-11(15(18)19)8-9-13(14)17-16(3,4)5/h10,12,17H,6-9H2,1-5H3,(H,18,19). The van der Waals surface area contributed by atoms with Crippen LogP contribution in [0.5, 0.6) is 0 Å². The summed E-state index contributed by atoms with van der Waals surface area (Å²) in [4.78, 5) is 11.1. The Morgan fingerprint density at radius 1 is 1.35 bits per heavy atom. The zero-order valence-corrected chi connectivity index (χ0v) is 13.2. The van der Waals surface area contributed by atoms with Crippen LogP contribution in [0.4, 0.5) is 0 Å². The second-order valence-electron chi connectivity index (χ2n) is 6.25. The van der Waals surface area contributed by atoms with Crippen molar-refractivity contribution in [2.45, 2.75) is 71.9 Å². The van der Waals surface area contributed by atoms with E-state index in [0.29, 0.717) is 24.2 Å². The molecule has 0 spiro atoms. The van der Waals surface area contributed by atoms with Crippen molar-refractivity contribution < 1.29 is 14.6 Å². The largest absolute Gasteiger partial charge is 0.489 e. The second-order valence-corrected chi connectivity index (χ2v) is 6.25. The first-order valence-corrected chi connectivity index (χ1v) is 7.38. The molecule has 0 atom stereocenters. The molecule has 0 bridgehead atoms. The number of carbonyl (C=O) groups is 1. The quantitative estimate of drug-likeness (QED) is 0.781. The molecule has 0 aliphatic heterocycles. The monoisotopic (exact) mass is 281 g/mol. The molecule has 0 saturated carbocycles. The first kappa shape index (κ1) is 16.6. The van der Waals surface area contributed by atoms with Crippen LogP contribution in [0.2, 0.25) is 0 Å². The molecule has 2 N–H and O–H groups in total. The number of carboxylic acid groups (broad SMARTS) is 1. The highest BCUT2D eigenvalue weighted by molar-refractivity contribution is 5.87. The molecule has 4 heteroatoms. The molecule has 0 heterocycles. The lowest BCUT2D eigenvalue weighted by atomic mass is 9.98. The zero-order valence-electron chi connectivity index (χ0n) is 13.2. The predicted molar refractivity (Wildman–Crippen MR) is 80.3 cm³/mol. The van der Waals surface area contributed by atoms with E-state index in [1.54, 1.807) is 6.08 Å². The average Bonchev–Trinajstić information content (AvgIpc) is 2.35. The summed E-state index contributed by atoms with van der Waals surface area (Å²) in [5, 5.41) is 12.6. The Morgan fingerprint density at radius 2 is 1.95 bits per heavy atom. The van der Waals surface area contributed by atoms with Crippen LogP contribution in [0.3, 0.4) is 0 Å². The van der Waals surface area contributed by atoms with Gasteiger partial charge in [0.25, 0.3) is 0 Å². The van der Waals surface area contributed by atoms with Crippen LogP contribution in [0.15, 0.2) is 23.1 Å². The first-order valence-electron chi connectivity index (χ1n) is 7.38. The fourth-order valence-corrected chi connectivity index (χ4v) is 2.19. The van der Waals surface area contributed by atoms with Crippen molar-refractivity contribution in [3.63, 3.8) is 0 Å². The number of hydrogen-bond donors (Lipinski definition) is 2. The molecule has 4 nitrogen and oxygen atoms in total. The molecule has 0 aromatic carbocycles. The van der Waals surface area contributed by atoms with Crippen molar-refractivity contribution in [2.24, 2.45) is 0 Å². The van der Waals surface area contributed by atoms with E-state index in [-0.39, 0.29) is 11.6 Å². The maximum absolute atomic E-state index is 11.1. The minimum Gasteiger partial charge on any atom is -0.489 e. The van der Waals surface area contributed by atoms with Crippen molar-refractivity contribution in [3.8, 4) is 0 Å². The third-order valence-electron chi connectivity index (χ3n) is 3.25. The minimum absolute atomic E-state index is 0.0631. The summed E-state index contributed by atoms with van der Waals surface area (Å²) in [6, 6.07) is 0. The Balaban J connectivity index is 3.04. The smallest absolute Gasteiger partial charge is 0.331 e. The SMILES string of the molecule is CCC(CC)OC1=C(NC(C)(C)C)CCC(C(=O)O)=C1. The van der Waals surface area contributed by atoms with Crippen LogP contribution in [-0.2, 0) is 9.53 Å².